The number of esters is 1. The summed E-state index contributed by atoms with van der Waals surface area (Å²) in [5.41, 5.74) is 1.67. The second-order valence-electron chi connectivity index (χ2n) is 10.1. The fourth-order valence-electron chi connectivity index (χ4n) is 2.77. The average molecular weight is 393 g/mol. The van der Waals surface area contributed by atoms with Gasteiger partial charge in [0.25, 0.3) is 0 Å². The van der Waals surface area contributed by atoms with Crippen LogP contribution in [0.4, 0.5) is 0 Å². The Morgan fingerprint density at radius 3 is 1.82 bits per heavy atom. The van der Waals surface area contributed by atoms with Gasteiger partial charge in [0.2, 0.25) is 0 Å². The maximum Gasteiger partial charge on any atom is 0.311 e. The first-order chi connectivity index (χ1) is 12.7. The second kappa shape index (κ2) is 9.19. The second-order valence-corrected chi connectivity index (χ2v) is 10.1. The molecule has 0 fully saturated rings. The van der Waals surface area contributed by atoms with E-state index in [1.165, 1.54) is 0 Å². The molecule has 1 aromatic carbocycles. The largest absolute Gasteiger partial charge is 0.496 e. The maximum atomic E-state index is 12.1. The lowest BCUT2D eigenvalue weighted by Crippen LogP contribution is -2.26. The number of rotatable bonds is 8. The van der Waals surface area contributed by atoms with Gasteiger partial charge in [0, 0.05) is 17.5 Å². The fourth-order valence-corrected chi connectivity index (χ4v) is 2.77. The molecule has 0 aromatic heterocycles. The van der Waals surface area contributed by atoms with E-state index in [0.717, 1.165) is 29.0 Å². The number of ether oxygens (including phenoxy) is 3. The molecule has 4 nitrogen and oxygen atoms in total. The molecule has 0 aliphatic rings. The lowest BCUT2D eigenvalue weighted by Gasteiger charge is -2.28. The third-order valence-electron chi connectivity index (χ3n) is 5.13. The van der Waals surface area contributed by atoms with Crippen molar-refractivity contribution in [3.63, 3.8) is 0 Å². The molecular weight excluding hydrogens is 352 g/mol. The molecule has 0 heterocycles. The highest BCUT2D eigenvalue weighted by Gasteiger charge is 2.28. The van der Waals surface area contributed by atoms with Crippen molar-refractivity contribution in [2.75, 3.05) is 20.3 Å². The van der Waals surface area contributed by atoms with E-state index in [1.54, 1.807) is 7.11 Å². The Morgan fingerprint density at radius 2 is 1.36 bits per heavy atom. The zero-order chi connectivity index (χ0) is 21.8. The van der Waals surface area contributed by atoms with Gasteiger partial charge in [-0.2, -0.15) is 0 Å². The molecular formula is C24H40O4. The van der Waals surface area contributed by atoms with Crippen molar-refractivity contribution in [3.05, 3.63) is 23.3 Å². The van der Waals surface area contributed by atoms with E-state index >= 15 is 0 Å². The van der Waals surface area contributed by atoms with Crippen molar-refractivity contribution in [1.82, 2.24) is 0 Å². The van der Waals surface area contributed by atoms with Gasteiger partial charge in [-0.3, -0.25) is 4.79 Å². The lowest BCUT2D eigenvalue weighted by atomic mass is 9.81. The van der Waals surface area contributed by atoms with Crippen molar-refractivity contribution in [2.45, 2.75) is 86.0 Å². The quantitative estimate of drug-likeness (QED) is 0.400. The first-order valence-electron chi connectivity index (χ1n) is 10.3. The van der Waals surface area contributed by atoms with Crippen molar-refractivity contribution >= 4 is 5.97 Å². The smallest absolute Gasteiger partial charge is 0.311 e. The number of hydrogen-bond acceptors (Lipinski definition) is 4. The van der Waals surface area contributed by atoms with Gasteiger partial charge >= 0.3 is 5.97 Å². The molecule has 160 valence electrons. The van der Waals surface area contributed by atoms with Crippen LogP contribution < -0.4 is 9.47 Å². The molecule has 0 unspecified atom stereocenters. The summed E-state index contributed by atoms with van der Waals surface area (Å²) in [6.45, 7) is 19.7. The Balaban J connectivity index is 2.90. The van der Waals surface area contributed by atoms with E-state index in [4.69, 9.17) is 14.2 Å². The molecule has 0 aliphatic heterocycles. The number of methoxy groups -OCH3 is 1. The van der Waals surface area contributed by atoms with Crippen LogP contribution in [0.2, 0.25) is 0 Å². The van der Waals surface area contributed by atoms with E-state index in [-0.39, 0.29) is 16.8 Å². The van der Waals surface area contributed by atoms with Crippen molar-refractivity contribution < 1.29 is 19.0 Å². The Kier molecular flexibility index (Phi) is 7.99. The van der Waals surface area contributed by atoms with Crippen molar-refractivity contribution in [1.29, 1.82) is 0 Å². The van der Waals surface area contributed by atoms with Crippen LogP contribution in [0.1, 0.15) is 86.3 Å². The summed E-state index contributed by atoms with van der Waals surface area (Å²) in [6.07, 6.45) is 1.42. The van der Waals surface area contributed by atoms with E-state index in [1.807, 2.05) is 20.8 Å². The summed E-state index contributed by atoms with van der Waals surface area (Å²) in [4.78, 5) is 12.1. The van der Waals surface area contributed by atoms with E-state index in [0.29, 0.717) is 19.6 Å². The Hall–Kier alpha value is -1.71. The van der Waals surface area contributed by atoms with Crippen molar-refractivity contribution in [3.8, 4) is 11.5 Å². The molecule has 1 aromatic rings. The molecule has 0 atom stereocenters. The maximum absolute atomic E-state index is 12.1. The highest BCUT2D eigenvalue weighted by atomic mass is 16.5. The highest BCUT2D eigenvalue weighted by molar-refractivity contribution is 5.75. The molecule has 0 saturated heterocycles. The zero-order valence-electron chi connectivity index (χ0n) is 19.6. The standard InChI is InChI=1S/C24H40O4/c1-11-24(8,9)21(25)28-14-12-13-27-20-16-17(22(2,3)4)19(26-10)15-18(20)23(5,6)7/h15-16H,11-14H2,1-10H3. The molecule has 0 saturated carbocycles. The number of carbonyl (C=O) groups is 1. The SMILES string of the molecule is CCC(C)(C)C(=O)OCCCOc1cc(C(C)(C)C)c(OC)cc1C(C)(C)C. The number of carbonyl (C=O) groups excluding carboxylic acids is 1. The minimum Gasteiger partial charge on any atom is -0.496 e. The molecule has 4 heteroatoms. The van der Waals surface area contributed by atoms with E-state index in [9.17, 15) is 4.79 Å². The summed E-state index contributed by atoms with van der Waals surface area (Å²) >= 11 is 0. The summed E-state index contributed by atoms with van der Waals surface area (Å²) < 4.78 is 17.2. The summed E-state index contributed by atoms with van der Waals surface area (Å²) in [7, 11) is 1.71. The molecule has 0 radical (unpaired) electrons. The van der Waals surface area contributed by atoms with Gasteiger partial charge in [-0.05, 0) is 43.2 Å². The molecule has 0 spiro atoms. The van der Waals surface area contributed by atoms with E-state index < -0.39 is 5.41 Å². The van der Waals surface area contributed by atoms with Crippen LogP contribution in [0.15, 0.2) is 12.1 Å². The van der Waals surface area contributed by atoms with E-state index in [2.05, 4.69) is 53.7 Å². The van der Waals surface area contributed by atoms with Gasteiger partial charge in [0.15, 0.2) is 0 Å². The minimum atomic E-state index is -0.433. The highest BCUT2D eigenvalue weighted by Crippen LogP contribution is 2.41. The van der Waals surface area contributed by atoms with Crippen molar-refractivity contribution in [2.24, 2.45) is 5.41 Å². The molecule has 1 rings (SSSR count). The van der Waals surface area contributed by atoms with Crippen LogP contribution in [-0.4, -0.2) is 26.3 Å². The normalized spacial score (nSPS) is 12.6. The van der Waals surface area contributed by atoms with Gasteiger partial charge in [-0.25, -0.2) is 0 Å². The van der Waals surface area contributed by atoms with Gasteiger partial charge < -0.3 is 14.2 Å². The molecule has 0 bridgehead atoms. The summed E-state index contributed by atoms with van der Waals surface area (Å²) in [5, 5.41) is 0. The third-order valence-corrected chi connectivity index (χ3v) is 5.13. The summed E-state index contributed by atoms with van der Waals surface area (Å²) in [5.74, 6) is 1.61. The molecule has 0 aliphatic carbocycles. The zero-order valence-corrected chi connectivity index (χ0v) is 19.6. The van der Waals surface area contributed by atoms with Gasteiger partial charge in [0.1, 0.15) is 11.5 Å². The summed E-state index contributed by atoms with van der Waals surface area (Å²) in [6, 6.07) is 4.20. The van der Waals surface area contributed by atoms with Crippen LogP contribution >= 0.6 is 0 Å². The Labute approximate surface area is 172 Å². The van der Waals surface area contributed by atoms with Gasteiger partial charge in [0.05, 0.1) is 25.7 Å². The predicted octanol–water partition coefficient (Wildman–Crippen LogP) is 6.04. The monoisotopic (exact) mass is 392 g/mol. The Morgan fingerprint density at radius 1 is 0.857 bits per heavy atom. The minimum absolute atomic E-state index is 0.0544. The van der Waals surface area contributed by atoms with Gasteiger partial charge in [-0.1, -0.05) is 48.5 Å². The first-order valence-corrected chi connectivity index (χ1v) is 10.3. The first kappa shape index (κ1) is 24.3. The van der Waals surface area contributed by atoms with Crippen LogP contribution in [0.25, 0.3) is 0 Å². The van der Waals surface area contributed by atoms with Crippen LogP contribution in [0, 0.1) is 5.41 Å². The predicted molar refractivity (Wildman–Crippen MR) is 116 cm³/mol. The van der Waals surface area contributed by atoms with Crippen LogP contribution in [0.3, 0.4) is 0 Å². The fraction of sp³-hybridized carbons (Fsp3) is 0.708. The average Bonchev–Trinajstić information content (AvgIpc) is 2.58. The molecule has 0 amide bonds. The topological polar surface area (TPSA) is 44.8 Å². The van der Waals surface area contributed by atoms with Crippen LogP contribution in [0.5, 0.6) is 11.5 Å². The molecule has 28 heavy (non-hydrogen) atoms. The molecule has 0 N–H and O–H groups in total. The lowest BCUT2D eigenvalue weighted by molar-refractivity contribution is -0.154. The Bertz CT molecular complexity index is 660. The number of hydrogen-bond donors (Lipinski definition) is 0. The van der Waals surface area contributed by atoms with Crippen LogP contribution in [-0.2, 0) is 20.4 Å². The third kappa shape index (κ3) is 6.42. The van der Waals surface area contributed by atoms with Gasteiger partial charge in [-0.15, -0.1) is 0 Å². The number of benzene rings is 1.